The highest BCUT2D eigenvalue weighted by Crippen LogP contribution is 2.42. The van der Waals surface area contributed by atoms with Gasteiger partial charge in [-0.25, -0.2) is 9.97 Å². The van der Waals surface area contributed by atoms with E-state index in [1.54, 1.807) is 31.0 Å². The number of aromatic nitrogens is 4. The van der Waals surface area contributed by atoms with Gasteiger partial charge < -0.3 is 19.9 Å². The second-order valence-corrected chi connectivity index (χ2v) is 10.8. The molecule has 4 aromatic rings. The number of ether oxygens (including phenoxy) is 1. The number of nitrogens with one attached hydrogen (secondary N) is 2. The molecular formula is C25H29N7O2S. The number of anilines is 2. The number of benzene rings is 1. The maximum atomic E-state index is 13.3. The number of aryl methyl sites for hydroxylation is 1. The van der Waals surface area contributed by atoms with Crippen molar-refractivity contribution < 1.29 is 9.53 Å². The predicted molar refractivity (Wildman–Crippen MR) is 138 cm³/mol. The summed E-state index contributed by atoms with van der Waals surface area (Å²) in [6.07, 6.45) is 6.94. The molecule has 2 atom stereocenters. The molecule has 4 heterocycles. The number of hydrogen-bond acceptors (Lipinski definition) is 8. The minimum absolute atomic E-state index is 0.0458. The SMILES string of the molecule is COc1cc2[nH]ncc2cc1Nc1ncnc2sc3c(c12)CCC(C(=O)N1CCC(N(C)C)C1)C3. The molecule has 0 radical (unpaired) electrons. The third-order valence-corrected chi connectivity index (χ3v) is 8.58. The van der Waals surface area contributed by atoms with Crippen molar-refractivity contribution in [1.82, 2.24) is 30.0 Å². The molecule has 182 valence electrons. The Morgan fingerprint density at radius 3 is 2.97 bits per heavy atom. The summed E-state index contributed by atoms with van der Waals surface area (Å²) in [6, 6.07) is 4.40. The van der Waals surface area contributed by atoms with Crippen LogP contribution in [0.25, 0.3) is 21.1 Å². The normalized spacial score (nSPS) is 20.1. The summed E-state index contributed by atoms with van der Waals surface area (Å²) in [7, 11) is 5.85. The minimum atomic E-state index is 0.0458. The van der Waals surface area contributed by atoms with Crippen LogP contribution >= 0.6 is 11.3 Å². The van der Waals surface area contributed by atoms with Crippen LogP contribution in [-0.2, 0) is 17.6 Å². The Labute approximate surface area is 207 Å². The summed E-state index contributed by atoms with van der Waals surface area (Å²) < 4.78 is 5.62. The monoisotopic (exact) mass is 491 g/mol. The second-order valence-electron chi connectivity index (χ2n) is 9.67. The zero-order valence-electron chi connectivity index (χ0n) is 20.2. The van der Waals surface area contributed by atoms with Crippen LogP contribution in [0, 0.1) is 5.92 Å². The van der Waals surface area contributed by atoms with E-state index in [4.69, 9.17) is 4.74 Å². The lowest BCUT2D eigenvalue weighted by Crippen LogP contribution is -2.39. The van der Waals surface area contributed by atoms with Crippen molar-refractivity contribution in [1.29, 1.82) is 0 Å². The zero-order chi connectivity index (χ0) is 24.1. The van der Waals surface area contributed by atoms with Crippen LogP contribution in [0.5, 0.6) is 5.75 Å². The van der Waals surface area contributed by atoms with Crippen LogP contribution in [0.15, 0.2) is 24.7 Å². The number of aromatic amines is 1. The van der Waals surface area contributed by atoms with Crippen molar-refractivity contribution in [2.24, 2.45) is 5.92 Å². The number of fused-ring (bicyclic) bond motifs is 4. The summed E-state index contributed by atoms with van der Waals surface area (Å²) in [6.45, 7) is 1.70. The van der Waals surface area contributed by atoms with Crippen LogP contribution in [0.4, 0.5) is 11.5 Å². The topological polar surface area (TPSA) is 99.3 Å². The van der Waals surface area contributed by atoms with Gasteiger partial charge >= 0.3 is 0 Å². The Hall–Kier alpha value is -3.24. The van der Waals surface area contributed by atoms with Gasteiger partial charge in [0.15, 0.2) is 0 Å². The number of rotatable bonds is 5. The smallest absolute Gasteiger partial charge is 0.226 e. The van der Waals surface area contributed by atoms with Crippen LogP contribution in [0.2, 0.25) is 0 Å². The number of methoxy groups -OCH3 is 1. The number of likely N-dealkylation sites (tertiary alicyclic amines) is 1. The molecule has 1 fully saturated rings. The van der Waals surface area contributed by atoms with Crippen molar-refractivity contribution in [3.63, 3.8) is 0 Å². The number of amides is 1. The largest absolute Gasteiger partial charge is 0.494 e. The molecule has 1 amide bonds. The van der Waals surface area contributed by atoms with Crippen LogP contribution in [0.3, 0.4) is 0 Å². The number of hydrogen-bond donors (Lipinski definition) is 2. The Balaban J connectivity index is 1.28. The fourth-order valence-corrected chi connectivity index (χ4v) is 6.67. The van der Waals surface area contributed by atoms with Gasteiger partial charge in [0.25, 0.3) is 0 Å². The summed E-state index contributed by atoms with van der Waals surface area (Å²) in [5.74, 6) is 1.83. The Kier molecular flexibility index (Phi) is 5.57. The molecule has 2 unspecified atom stereocenters. The van der Waals surface area contributed by atoms with E-state index in [0.717, 1.165) is 71.4 Å². The van der Waals surface area contributed by atoms with E-state index in [-0.39, 0.29) is 5.92 Å². The third kappa shape index (κ3) is 3.90. The average Bonchev–Trinajstić information content (AvgIpc) is 3.60. The molecule has 1 saturated heterocycles. The number of H-pyrrole nitrogens is 1. The molecule has 10 heteroatoms. The molecule has 6 rings (SSSR count). The molecule has 0 saturated carbocycles. The standard InChI is InChI=1S/C25H29N7O2S/c1-31(2)16-6-7-32(12-16)25(33)14-4-5-17-21(9-14)35-24-22(17)23(26-13-27-24)29-19-8-15-11-28-30-18(15)10-20(19)34-3/h8,10-11,13-14,16H,4-7,9,12H2,1-3H3,(H,28,30)(H,26,27,29). The summed E-state index contributed by atoms with van der Waals surface area (Å²) >= 11 is 1.69. The number of thiophene rings is 1. The van der Waals surface area contributed by atoms with Gasteiger partial charge in [0.05, 0.1) is 29.9 Å². The van der Waals surface area contributed by atoms with Gasteiger partial charge in [-0.2, -0.15) is 5.10 Å². The molecule has 2 aliphatic rings. The first-order chi connectivity index (χ1) is 17.0. The van der Waals surface area contributed by atoms with E-state index in [2.05, 4.69) is 49.4 Å². The van der Waals surface area contributed by atoms with Gasteiger partial charge in [-0.05, 0) is 51.4 Å². The number of likely N-dealkylation sites (N-methyl/N-ethyl adjacent to an activating group) is 1. The lowest BCUT2D eigenvalue weighted by atomic mass is 9.87. The molecule has 2 N–H and O–H groups in total. The van der Waals surface area contributed by atoms with Crippen molar-refractivity contribution >= 4 is 49.9 Å². The van der Waals surface area contributed by atoms with Crippen LogP contribution < -0.4 is 10.1 Å². The van der Waals surface area contributed by atoms with Crippen molar-refractivity contribution in [3.05, 3.63) is 35.1 Å². The van der Waals surface area contributed by atoms with E-state index < -0.39 is 0 Å². The number of carbonyl (C=O) groups is 1. The van der Waals surface area contributed by atoms with Gasteiger partial charge in [-0.1, -0.05) is 0 Å². The average molecular weight is 492 g/mol. The van der Waals surface area contributed by atoms with Gasteiger partial charge in [-0.15, -0.1) is 11.3 Å². The molecule has 0 bridgehead atoms. The molecule has 1 aliphatic carbocycles. The first-order valence-corrected chi connectivity index (χ1v) is 12.8. The number of carbonyl (C=O) groups excluding carboxylic acids is 1. The zero-order valence-corrected chi connectivity index (χ0v) is 21.0. The molecule has 1 aliphatic heterocycles. The summed E-state index contributed by atoms with van der Waals surface area (Å²) in [5.41, 5.74) is 3.02. The maximum Gasteiger partial charge on any atom is 0.226 e. The highest BCUT2D eigenvalue weighted by Gasteiger charge is 2.35. The van der Waals surface area contributed by atoms with E-state index >= 15 is 0 Å². The Bertz CT molecular complexity index is 1410. The first kappa shape index (κ1) is 22.2. The molecule has 35 heavy (non-hydrogen) atoms. The Morgan fingerprint density at radius 1 is 1.29 bits per heavy atom. The quantitative estimate of drug-likeness (QED) is 0.440. The van der Waals surface area contributed by atoms with E-state index in [1.807, 2.05) is 12.1 Å². The molecule has 0 spiro atoms. The Morgan fingerprint density at radius 2 is 2.17 bits per heavy atom. The van der Waals surface area contributed by atoms with Crippen molar-refractivity contribution in [3.8, 4) is 5.75 Å². The van der Waals surface area contributed by atoms with Gasteiger partial charge in [0, 0.05) is 41.4 Å². The molecule has 3 aromatic heterocycles. The predicted octanol–water partition coefficient (Wildman–Crippen LogP) is 3.59. The van der Waals surface area contributed by atoms with Crippen molar-refractivity contribution in [2.45, 2.75) is 31.7 Å². The molecule has 9 nitrogen and oxygen atoms in total. The van der Waals surface area contributed by atoms with Gasteiger partial charge in [-0.3, -0.25) is 9.89 Å². The van der Waals surface area contributed by atoms with Gasteiger partial charge in [0.1, 0.15) is 22.7 Å². The highest BCUT2D eigenvalue weighted by atomic mass is 32.1. The minimum Gasteiger partial charge on any atom is -0.494 e. The fraction of sp³-hybridized carbons (Fsp3) is 0.440. The van der Waals surface area contributed by atoms with Crippen LogP contribution in [0.1, 0.15) is 23.3 Å². The fourth-order valence-electron chi connectivity index (χ4n) is 5.40. The lowest BCUT2D eigenvalue weighted by Gasteiger charge is -2.27. The van der Waals surface area contributed by atoms with Gasteiger partial charge in [0.2, 0.25) is 5.91 Å². The first-order valence-electron chi connectivity index (χ1n) is 12.0. The third-order valence-electron chi connectivity index (χ3n) is 7.41. The maximum absolute atomic E-state index is 13.3. The van der Waals surface area contributed by atoms with Crippen molar-refractivity contribution in [2.75, 3.05) is 39.6 Å². The van der Waals surface area contributed by atoms with E-state index in [0.29, 0.717) is 17.7 Å². The summed E-state index contributed by atoms with van der Waals surface area (Å²) in [4.78, 5) is 29.0. The highest BCUT2D eigenvalue weighted by molar-refractivity contribution is 7.19. The second kappa shape index (κ2) is 8.76. The van der Waals surface area contributed by atoms with E-state index in [9.17, 15) is 4.79 Å². The molecular weight excluding hydrogens is 462 g/mol. The number of nitrogens with zero attached hydrogens (tertiary/aromatic N) is 5. The van der Waals surface area contributed by atoms with Crippen LogP contribution in [-0.4, -0.2) is 76.2 Å². The lowest BCUT2D eigenvalue weighted by molar-refractivity contribution is -0.134. The summed E-state index contributed by atoms with van der Waals surface area (Å²) in [5, 5.41) is 12.6. The van der Waals surface area contributed by atoms with E-state index in [1.165, 1.54) is 10.4 Å². The molecule has 1 aromatic carbocycles.